The maximum atomic E-state index is 13.4. The van der Waals surface area contributed by atoms with Crippen molar-refractivity contribution in [2.75, 3.05) is 6.61 Å². The third kappa shape index (κ3) is 14.1. The molecule has 0 amide bonds. The van der Waals surface area contributed by atoms with E-state index < -0.39 is 76.2 Å². The number of rotatable bonds is 14. The van der Waals surface area contributed by atoms with E-state index in [0.717, 1.165) is 19.3 Å². The van der Waals surface area contributed by atoms with Crippen LogP contribution >= 0.6 is 0 Å². The molecule has 0 saturated carbocycles. The van der Waals surface area contributed by atoms with Crippen molar-refractivity contribution in [3.8, 4) is 0 Å². The fourth-order valence-electron chi connectivity index (χ4n) is 4.20. The quantitative estimate of drug-likeness (QED) is 0.0816. The third-order valence-corrected chi connectivity index (χ3v) is 7.36. The Morgan fingerprint density at radius 1 is 0.587 bits per heavy atom. The molecule has 0 unspecified atom stereocenters. The van der Waals surface area contributed by atoms with Crippen LogP contribution in [-0.2, 0) is 42.9 Å². The first-order valence-electron chi connectivity index (χ1n) is 17.0. The number of hydrogen-bond donors (Lipinski definition) is 0. The Kier molecular flexibility index (Phi) is 15.9. The number of aliphatic imine (C=N–C) groups is 1. The molecule has 5 atom stereocenters. The summed E-state index contributed by atoms with van der Waals surface area (Å²) in [6, 6.07) is 0. The van der Waals surface area contributed by atoms with Gasteiger partial charge in [-0.05, 0) is 95.9 Å². The molecule has 1 aliphatic rings. The van der Waals surface area contributed by atoms with Crippen molar-refractivity contribution in [2.24, 2.45) is 26.7 Å². The maximum absolute atomic E-state index is 13.4. The second-order valence-corrected chi connectivity index (χ2v) is 16.5. The van der Waals surface area contributed by atoms with Gasteiger partial charge in [0.05, 0.1) is 21.7 Å². The van der Waals surface area contributed by atoms with E-state index in [-0.39, 0.29) is 6.61 Å². The van der Waals surface area contributed by atoms with Gasteiger partial charge in [0.1, 0.15) is 12.7 Å². The summed E-state index contributed by atoms with van der Waals surface area (Å²) in [6.45, 7) is 22.4. The number of carbonyl (C=O) groups excluding carboxylic acids is 4. The van der Waals surface area contributed by atoms with Gasteiger partial charge in [0.2, 0.25) is 0 Å². The molecule has 0 aromatic heterocycles. The summed E-state index contributed by atoms with van der Waals surface area (Å²) in [5.74, 6) is -2.24. The van der Waals surface area contributed by atoms with Crippen molar-refractivity contribution >= 4 is 30.1 Å². The molecule has 0 aliphatic carbocycles. The SMILES string of the molecule is CCCCCCCCC/C=N\[C@@H]1O[C@H](COC(=O)C(C)(C)C)[C@H](OC(=O)C(C)(C)C)[C@H](OC(=O)C(C)(C)C)[C@H]1OC(=O)C(C)(C)C. The predicted molar refractivity (Wildman–Crippen MR) is 178 cm³/mol. The number of unbranched alkanes of at least 4 members (excludes halogenated alkanes) is 7. The van der Waals surface area contributed by atoms with Crippen molar-refractivity contribution in [1.29, 1.82) is 0 Å². The van der Waals surface area contributed by atoms with E-state index in [0.29, 0.717) is 6.42 Å². The topological polar surface area (TPSA) is 127 Å². The normalized spacial score (nSPS) is 22.8. The molecule has 10 heteroatoms. The van der Waals surface area contributed by atoms with E-state index in [4.69, 9.17) is 23.7 Å². The largest absolute Gasteiger partial charge is 0.462 e. The summed E-state index contributed by atoms with van der Waals surface area (Å²) in [6.07, 6.45) is 4.44. The lowest BCUT2D eigenvalue weighted by Crippen LogP contribution is -2.63. The van der Waals surface area contributed by atoms with Crippen LogP contribution in [0.25, 0.3) is 0 Å². The summed E-state index contributed by atoms with van der Waals surface area (Å²) in [5, 5.41) is 0. The van der Waals surface area contributed by atoms with E-state index in [1.54, 1.807) is 89.3 Å². The molecule has 46 heavy (non-hydrogen) atoms. The van der Waals surface area contributed by atoms with Crippen LogP contribution in [0.3, 0.4) is 0 Å². The van der Waals surface area contributed by atoms with Gasteiger partial charge < -0.3 is 23.7 Å². The van der Waals surface area contributed by atoms with E-state index in [1.165, 1.54) is 25.7 Å². The Balaban J connectivity index is 3.57. The van der Waals surface area contributed by atoms with Crippen LogP contribution in [0.2, 0.25) is 0 Å². The van der Waals surface area contributed by atoms with E-state index in [1.807, 2.05) is 0 Å². The molecule has 10 nitrogen and oxygen atoms in total. The van der Waals surface area contributed by atoms with Gasteiger partial charge in [-0.1, -0.05) is 45.4 Å². The minimum atomic E-state index is -1.29. The molecular weight excluding hydrogens is 590 g/mol. The first-order chi connectivity index (χ1) is 21.0. The molecule has 1 heterocycles. The van der Waals surface area contributed by atoms with Gasteiger partial charge in [-0.3, -0.25) is 24.2 Å². The highest BCUT2D eigenvalue weighted by atomic mass is 16.7. The summed E-state index contributed by atoms with van der Waals surface area (Å²) in [5.41, 5.74) is -3.56. The first kappa shape index (κ1) is 41.5. The van der Waals surface area contributed by atoms with Gasteiger partial charge in [-0.25, -0.2) is 0 Å². The zero-order chi connectivity index (χ0) is 35.5. The molecule has 0 aromatic rings. The lowest BCUT2D eigenvalue weighted by molar-refractivity contribution is -0.258. The molecule has 266 valence electrons. The number of carbonyl (C=O) groups is 4. The lowest BCUT2D eigenvalue weighted by Gasteiger charge is -2.45. The molecule has 0 radical (unpaired) electrons. The average Bonchev–Trinajstić information content (AvgIpc) is 2.91. The standard InChI is InChI=1S/C36H63NO9/c1-14-15-16-17-18-19-20-21-22-37-28-27(46-32(41)36(11,12)13)26(45-31(40)35(8,9)10)25(44-30(39)34(5,6)7)24(43-28)23-42-29(38)33(2,3)4/h22,24-28H,14-21,23H2,1-13H3/b37-22-/t24-,25+,26+,27-,28-/m1/s1. The van der Waals surface area contributed by atoms with Gasteiger partial charge in [0.15, 0.2) is 24.5 Å². The van der Waals surface area contributed by atoms with Crippen molar-refractivity contribution in [3.63, 3.8) is 0 Å². The van der Waals surface area contributed by atoms with Gasteiger partial charge in [-0.2, -0.15) is 0 Å². The summed E-state index contributed by atoms with van der Waals surface area (Å²) in [4.78, 5) is 57.3. The van der Waals surface area contributed by atoms with Crippen LogP contribution < -0.4 is 0 Å². The highest BCUT2D eigenvalue weighted by Gasteiger charge is 2.54. The number of ether oxygens (including phenoxy) is 5. The van der Waals surface area contributed by atoms with Crippen LogP contribution in [0.4, 0.5) is 0 Å². The average molecular weight is 654 g/mol. The maximum Gasteiger partial charge on any atom is 0.311 e. The van der Waals surface area contributed by atoms with E-state index in [9.17, 15) is 19.2 Å². The minimum Gasteiger partial charge on any atom is -0.462 e. The number of hydrogen-bond acceptors (Lipinski definition) is 10. The van der Waals surface area contributed by atoms with Crippen molar-refractivity contribution < 1.29 is 42.9 Å². The van der Waals surface area contributed by atoms with Crippen LogP contribution in [0, 0.1) is 21.7 Å². The zero-order valence-electron chi connectivity index (χ0n) is 30.9. The predicted octanol–water partition coefficient (Wildman–Crippen LogP) is 7.39. The summed E-state index contributed by atoms with van der Waals surface area (Å²) in [7, 11) is 0. The van der Waals surface area contributed by atoms with E-state index >= 15 is 0 Å². The second-order valence-electron chi connectivity index (χ2n) is 16.5. The molecule has 1 aliphatic heterocycles. The van der Waals surface area contributed by atoms with Gasteiger partial charge in [0.25, 0.3) is 0 Å². The van der Waals surface area contributed by atoms with Crippen LogP contribution in [0.15, 0.2) is 4.99 Å². The minimum absolute atomic E-state index is 0.300. The lowest BCUT2D eigenvalue weighted by atomic mass is 9.92. The molecule has 1 saturated heterocycles. The van der Waals surface area contributed by atoms with Gasteiger partial charge in [0, 0.05) is 6.21 Å². The van der Waals surface area contributed by atoms with Crippen LogP contribution in [-0.4, -0.2) is 67.3 Å². The monoisotopic (exact) mass is 653 g/mol. The third-order valence-electron chi connectivity index (χ3n) is 7.36. The summed E-state index contributed by atoms with van der Waals surface area (Å²) < 4.78 is 30.0. The Morgan fingerprint density at radius 3 is 1.46 bits per heavy atom. The van der Waals surface area contributed by atoms with Gasteiger partial charge in [-0.15, -0.1) is 0 Å². The molecule has 1 fully saturated rings. The van der Waals surface area contributed by atoms with Crippen LogP contribution in [0.5, 0.6) is 0 Å². The molecule has 0 bridgehead atoms. The Morgan fingerprint density at radius 2 is 1.00 bits per heavy atom. The second kappa shape index (κ2) is 17.6. The fraction of sp³-hybridized carbons (Fsp3) is 0.861. The Hall–Kier alpha value is -2.49. The van der Waals surface area contributed by atoms with Gasteiger partial charge >= 0.3 is 23.9 Å². The highest BCUT2D eigenvalue weighted by Crippen LogP contribution is 2.34. The number of nitrogens with zero attached hydrogens (tertiary/aromatic N) is 1. The molecule has 0 aromatic carbocycles. The molecule has 0 spiro atoms. The molecule has 1 rings (SSSR count). The van der Waals surface area contributed by atoms with Crippen molar-refractivity contribution in [2.45, 2.75) is 172 Å². The smallest absolute Gasteiger partial charge is 0.311 e. The van der Waals surface area contributed by atoms with Crippen molar-refractivity contribution in [3.05, 3.63) is 0 Å². The van der Waals surface area contributed by atoms with Crippen LogP contribution in [0.1, 0.15) is 141 Å². The molecule has 0 N–H and O–H groups in total. The molecular formula is C36H63NO9. The fourth-order valence-corrected chi connectivity index (χ4v) is 4.20. The van der Waals surface area contributed by atoms with E-state index in [2.05, 4.69) is 11.9 Å². The number of esters is 4. The first-order valence-corrected chi connectivity index (χ1v) is 17.0. The van der Waals surface area contributed by atoms with Crippen molar-refractivity contribution in [1.82, 2.24) is 0 Å². The zero-order valence-corrected chi connectivity index (χ0v) is 30.9. The Labute approximate surface area is 278 Å². The highest BCUT2D eigenvalue weighted by molar-refractivity contribution is 5.78. The summed E-state index contributed by atoms with van der Waals surface area (Å²) >= 11 is 0. The Bertz CT molecular complexity index is 1020.